The average Bonchev–Trinajstić information content (AvgIpc) is 3.24. The summed E-state index contributed by atoms with van der Waals surface area (Å²) in [7, 11) is 0. The number of carbonyl (C=O) groups is 1. The van der Waals surface area contributed by atoms with Crippen molar-refractivity contribution in [3.8, 4) is 11.5 Å². The molecule has 4 rings (SSSR count). The summed E-state index contributed by atoms with van der Waals surface area (Å²) in [6.45, 7) is 5.50. The van der Waals surface area contributed by atoms with Crippen LogP contribution in [0.5, 0.6) is 11.5 Å². The van der Waals surface area contributed by atoms with Gasteiger partial charge in [-0.05, 0) is 37.7 Å². The molecule has 1 saturated heterocycles. The van der Waals surface area contributed by atoms with Gasteiger partial charge in [0.15, 0.2) is 0 Å². The Hall–Kier alpha value is -1.71. The van der Waals surface area contributed by atoms with Gasteiger partial charge in [-0.3, -0.25) is 4.79 Å². The predicted octanol–water partition coefficient (Wildman–Crippen LogP) is 3.14. The molecular formula is C20H27NO3. The summed E-state index contributed by atoms with van der Waals surface area (Å²) in [4.78, 5) is 14.1. The zero-order valence-corrected chi connectivity index (χ0v) is 14.6. The molecule has 0 radical (unpaired) electrons. The Morgan fingerprint density at radius 1 is 1.21 bits per heavy atom. The molecule has 0 aromatic heterocycles. The zero-order valence-electron chi connectivity index (χ0n) is 14.6. The fourth-order valence-electron chi connectivity index (χ4n) is 4.35. The van der Waals surface area contributed by atoms with Gasteiger partial charge >= 0.3 is 0 Å². The van der Waals surface area contributed by atoms with E-state index < -0.39 is 0 Å². The summed E-state index contributed by atoms with van der Waals surface area (Å²) >= 11 is 0. The van der Waals surface area contributed by atoms with Gasteiger partial charge in [0.2, 0.25) is 5.91 Å². The second-order valence-corrected chi connectivity index (χ2v) is 7.30. The van der Waals surface area contributed by atoms with Crippen molar-refractivity contribution in [2.24, 2.45) is 5.92 Å². The minimum Gasteiger partial charge on any atom is -0.493 e. The molecule has 0 atom stereocenters. The normalized spacial score (nSPS) is 19.6. The first kappa shape index (κ1) is 15.8. The number of hydrogen-bond acceptors (Lipinski definition) is 3. The highest BCUT2D eigenvalue weighted by Gasteiger charge is 2.29. The van der Waals surface area contributed by atoms with E-state index in [1.807, 2.05) is 0 Å². The largest absolute Gasteiger partial charge is 0.493 e. The van der Waals surface area contributed by atoms with E-state index in [-0.39, 0.29) is 0 Å². The van der Waals surface area contributed by atoms with Gasteiger partial charge in [0.1, 0.15) is 11.5 Å². The van der Waals surface area contributed by atoms with E-state index in [9.17, 15) is 4.79 Å². The molecule has 0 spiro atoms. The van der Waals surface area contributed by atoms with Gasteiger partial charge in [0, 0.05) is 49.0 Å². The highest BCUT2D eigenvalue weighted by atomic mass is 16.5. The quantitative estimate of drug-likeness (QED) is 0.852. The highest BCUT2D eigenvalue weighted by Crippen LogP contribution is 2.42. The van der Waals surface area contributed by atoms with Crippen molar-refractivity contribution in [2.45, 2.75) is 51.9 Å². The van der Waals surface area contributed by atoms with Crippen LogP contribution in [0, 0.1) is 5.92 Å². The second kappa shape index (κ2) is 6.66. The van der Waals surface area contributed by atoms with Crippen molar-refractivity contribution in [3.63, 3.8) is 0 Å². The number of likely N-dealkylation sites (tertiary alicyclic amines) is 1. The Kier molecular flexibility index (Phi) is 4.38. The van der Waals surface area contributed by atoms with Crippen LogP contribution in [0.1, 0.15) is 49.3 Å². The lowest BCUT2D eigenvalue weighted by Crippen LogP contribution is -2.38. The number of benzene rings is 1. The highest BCUT2D eigenvalue weighted by molar-refractivity contribution is 5.76. The molecule has 0 N–H and O–H groups in total. The van der Waals surface area contributed by atoms with E-state index in [0.29, 0.717) is 18.2 Å². The minimum atomic E-state index is 0.328. The fraction of sp³-hybridized carbons (Fsp3) is 0.650. The van der Waals surface area contributed by atoms with Crippen LogP contribution in [0.2, 0.25) is 0 Å². The van der Waals surface area contributed by atoms with Crippen LogP contribution in [0.15, 0.2) is 6.07 Å². The van der Waals surface area contributed by atoms with Crippen LogP contribution in [0.4, 0.5) is 0 Å². The third kappa shape index (κ3) is 2.87. The number of fused-ring (bicyclic) bond motifs is 2. The summed E-state index contributed by atoms with van der Waals surface area (Å²) in [6.07, 6.45) is 6.93. The first-order chi connectivity index (χ1) is 11.8. The van der Waals surface area contributed by atoms with Crippen LogP contribution in [0.25, 0.3) is 0 Å². The van der Waals surface area contributed by atoms with E-state index in [4.69, 9.17) is 9.47 Å². The molecule has 0 saturated carbocycles. The van der Waals surface area contributed by atoms with Crippen LogP contribution in [-0.4, -0.2) is 37.1 Å². The summed E-state index contributed by atoms with van der Waals surface area (Å²) in [5.74, 6) is 3.21. The summed E-state index contributed by atoms with van der Waals surface area (Å²) in [5.41, 5.74) is 4.09. The number of carbonyl (C=O) groups excluding carboxylic acids is 1. The van der Waals surface area contributed by atoms with Crippen LogP contribution >= 0.6 is 0 Å². The second-order valence-electron chi connectivity index (χ2n) is 7.30. The molecule has 3 aliphatic heterocycles. The van der Waals surface area contributed by atoms with Gasteiger partial charge < -0.3 is 14.4 Å². The van der Waals surface area contributed by atoms with Crippen LogP contribution in [0.3, 0.4) is 0 Å². The molecular weight excluding hydrogens is 302 g/mol. The Morgan fingerprint density at radius 3 is 2.79 bits per heavy atom. The molecule has 4 heteroatoms. The maximum absolute atomic E-state index is 12.1. The van der Waals surface area contributed by atoms with E-state index >= 15 is 0 Å². The molecule has 130 valence electrons. The lowest BCUT2D eigenvalue weighted by Gasteiger charge is -2.32. The van der Waals surface area contributed by atoms with Crippen LogP contribution < -0.4 is 9.47 Å². The molecule has 3 aliphatic rings. The summed E-state index contributed by atoms with van der Waals surface area (Å²) in [6, 6.07) is 2.19. The summed E-state index contributed by atoms with van der Waals surface area (Å²) < 4.78 is 11.8. The molecule has 4 nitrogen and oxygen atoms in total. The molecule has 1 amide bonds. The summed E-state index contributed by atoms with van der Waals surface area (Å²) in [5, 5.41) is 0. The fourth-order valence-corrected chi connectivity index (χ4v) is 4.35. The molecule has 0 unspecified atom stereocenters. The third-order valence-corrected chi connectivity index (χ3v) is 5.68. The Labute approximate surface area is 144 Å². The molecule has 0 aliphatic carbocycles. The number of piperidine rings is 1. The number of hydrogen-bond donors (Lipinski definition) is 0. The van der Waals surface area contributed by atoms with E-state index in [0.717, 1.165) is 76.3 Å². The van der Waals surface area contributed by atoms with Crippen molar-refractivity contribution in [2.75, 3.05) is 26.3 Å². The number of nitrogens with zero attached hydrogens (tertiary/aromatic N) is 1. The Morgan fingerprint density at radius 2 is 2.00 bits per heavy atom. The molecule has 24 heavy (non-hydrogen) atoms. The zero-order chi connectivity index (χ0) is 16.5. The maximum Gasteiger partial charge on any atom is 0.222 e. The van der Waals surface area contributed by atoms with Crippen molar-refractivity contribution in [1.82, 2.24) is 4.90 Å². The maximum atomic E-state index is 12.1. The molecule has 3 heterocycles. The first-order valence-electron chi connectivity index (χ1n) is 9.47. The molecule has 0 bridgehead atoms. The standard InChI is InChI=1S/C20H27NO3/c1-2-3-19(22)21-8-4-14(5-9-21)12-17-16-7-11-23-18(16)13-15-6-10-24-20(15)17/h13-14H,2-12H2,1H3. The van der Waals surface area contributed by atoms with Gasteiger partial charge in [-0.2, -0.15) is 0 Å². The van der Waals surface area contributed by atoms with Crippen molar-refractivity contribution >= 4 is 5.91 Å². The van der Waals surface area contributed by atoms with E-state index in [2.05, 4.69) is 17.9 Å². The van der Waals surface area contributed by atoms with Crippen LogP contribution in [-0.2, 0) is 24.1 Å². The monoisotopic (exact) mass is 329 g/mol. The van der Waals surface area contributed by atoms with Gasteiger partial charge in [0.25, 0.3) is 0 Å². The third-order valence-electron chi connectivity index (χ3n) is 5.68. The van der Waals surface area contributed by atoms with Gasteiger partial charge in [0.05, 0.1) is 13.2 Å². The molecule has 1 aromatic rings. The van der Waals surface area contributed by atoms with E-state index in [1.54, 1.807) is 0 Å². The molecule has 1 aromatic carbocycles. The van der Waals surface area contributed by atoms with Gasteiger partial charge in [-0.1, -0.05) is 6.92 Å². The first-order valence-corrected chi connectivity index (χ1v) is 9.47. The van der Waals surface area contributed by atoms with Crippen molar-refractivity contribution in [1.29, 1.82) is 0 Å². The lowest BCUT2D eigenvalue weighted by molar-refractivity contribution is -0.132. The SMILES string of the molecule is CCCC(=O)N1CCC(Cc2c3c(cc4c2OCC4)OCC3)CC1. The van der Waals surface area contributed by atoms with Crippen molar-refractivity contribution < 1.29 is 14.3 Å². The number of ether oxygens (including phenoxy) is 2. The number of rotatable bonds is 4. The minimum absolute atomic E-state index is 0.328. The Bertz CT molecular complexity index is 600. The van der Waals surface area contributed by atoms with E-state index in [1.165, 1.54) is 16.7 Å². The smallest absolute Gasteiger partial charge is 0.222 e. The Balaban J connectivity index is 1.47. The van der Waals surface area contributed by atoms with Gasteiger partial charge in [-0.15, -0.1) is 0 Å². The lowest BCUT2D eigenvalue weighted by atomic mass is 9.86. The molecule has 1 fully saturated rings. The average molecular weight is 329 g/mol. The topological polar surface area (TPSA) is 38.8 Å². The van der Waals surface area contributed by atoms with Gasteiger partial charge in [-0.25, -0.2) is 0 Å². The number of amides is 1. The predicted molar refractivity (Wildman–Crippen MR) is 92.8 cm³/mol. The van der Waals surface area contributed by atoms with Crippen molar-refractivity contribution in [3.05, 3.63) is 22.8 Å².